The van der Waals surface area contributed by atoms with Gasteiger partial charge in [0.15, 0.2) is 5.76 Å². The Hall–Kier alpha value is -1.81. The number of rotatable bonds is 4. The van der Waals surface area contributed by atoms with Gasteiger partial charge in [0.2, 0.25) is 0 Å². The Morgan fingerprint density at radius 3 is 2.90 bits per heavy atom. The number of benzene rings is 1. The van der Waals surface area contributed by atoms with Gasteiger partial charge in [-0.25, -0.2) is 0 Å². The highest BCUT2D eigenvalue weighted by Gasteiger charge is 2.22. The van der Waals surface area contributed by atoms with E-state index in [-0.39, 0.29) is 12.5 Å². The van der Waals surface area contributed by atoms with E-state index in [1.165, 1.54) is 0 Å². The molecule has 2 atom stereocenters. The molecule has 1 fully saturated rings. The fourth-order valence-electron chi connectivity index (χ4n) is 3.17. The molecule has 0 saturated heterocycles. The number of aliphatic hydroxyl groups excluding tert-OH is 1. The van der Waals surface area contributed by atoms with Crippen LogP contribution in [0.5, 0.6) is 0 Å². The molecule has 1 aromatic heterocycles. The molecule has 3 rings (SSSR count). The summed E-state index contributed by atoms with van der Waals surface area (Å²) in [5.41, 5.74) is 0.737. The topological polar surface area (TPSA) is 62.5 Å². The molecule has 4 heteroatoms. The third-order valence-corrected chi connectivity index (χ3v) is 4.35. The Morgan fingerprint density at radius 2 is 2.10 bits per heavy atom. The molecule has 1 aliphatic rings. The Bertz CT molecular complexity index is 586. The minimum atomic E-state index is -0.155. The number of carbonyl (C=O) groups is 1. The number of nitrogens with one attached hydrogen (secondary N) is 1. The van der Waals surface area contributed by atoms with Gasteiger partial charge in [-0.1, -0.05) is 24.6 Å². The van der Waals surface area contributed by atoms with Gasteiger partial charge in [-0.05, 0) is 43.2 Å². The van der Waals surface area contributed by atoms with Crippen molar-refractivity contribution in [2.45, 2.75) is 25.7 Å². The number of hydrogen-bond acceptors (Lipinski definition) is 3. The summed E-state index contributed by atoms with van der Waals surface area (Å²) in [6.07, 6.45) is 4.36. The molecule has 112 valence electrons. The summed E-state index contributed by atoms with van der Waals surface area (Å²) in [5, 5.41) is 13.1. The fraction of sp³-hybridized carbons (Fsp3) is 0.471. The summed E-state index contributed by atoms with van der Waals surface area (Å²) >= 11 is 0. The molecule has 4 nitrogen and oxygen atoms in total. The van der Waals surface area contributed by atoms with Gasteiger partial charge < -0.3 is 14.8 Å². The van der Waals surface area contributed by atoms with E-state index in [0.717, 1.165) is 36.7 Å². The van der Waals surface area contributed by atoms with Crippen LogP contribution in [0.3, 0.4) is 0 Å². The lowest BCUT2D eigenvalue weighted by molar-refractivity contribution is 0.0909. The molecule has 21 heavy (non-hydrogen) atoms. The first-order valence-electron chi connectivity index (χ1n) is 7.64. The van der Waals surface area contributed by atoms with Crippen molar-refractivity contribution in [1.82, 2.24) is 5.32 Å². The standard InChI is InChI=1S/C17H21NO3/c19-11-13-5-3-4-12(8-13)10-18-17(20)16-9-14-6-1-2-7-15(14)21-16/h1-2,6-7,9,12-13,19H,3-5,8,10-11H2,(H,18,20)/t12-,13+/m0/s1. The van der Waals surface area contributed by atoms with Crippen LogP contribution in [-0.2, 0) is 0 Å². The molecular weight excluding hydrogens is 266 g/mol. The van der Waals surface area contributed by atoms with Crippen LogP contribution in [-0.4, -0.2) is 24.2 Å². The summed E-state index contributed by atoms with van der Waals surface area (Å²) in [7, 11) is 0. The first-order valence-corrected chi connectivity index (χ1v) is 7.64. The number of para-hydroxylation sites is 1. The average Bonchev–Trinajstić information content (AvgIpc) is 2.97. The number of aliphatic hydroxyl groups is 1. The van der Waals surface area contributed by atoms with Crippen molar-refractivity contribution in [3.05, 3.63) is 36.1 Å². The molecule has 0 radical (unpaired) electrons. The van der Waals surface area contributed by atoms with Gasteiger partial charge in [-0.15, -0.1) is 0 Å². The first kappa shape index (κ1) is 14.1. The monoisotopic (exact) mass is 287 g/mol. The zero-order chi connectivity index (χ0) is 14.7. The van der Waals surface area contributed by atoms with E-state index in [1.54, 1.807) is 6.07 Å². The van der Waals surface area contributed by atoms with Crippen molar-refractivity contribution in [3.63, 3.8) is 0 Å². The van der Waals surface area contributed by atoms with E-state index >= 15 is 0 Å². The molecule has 1 saturated carbocycles. The smallest absolute Gasteiger partial charge is 0.287 e. The number of fused-ring (bicyclic) bond motifs is 1. The van der Waals surface area contributed by atoms with E-state index in [9.17, 15) is 9.90 Å². The maximum absolute atomic E-state index is 12.2. The molecule has 2 aromatic rings. The van der Waals surface area contributed by atoms with Crippen LogP contribution < -0.4 is 5.32 Å². The number of carbonyl (C=O) groups excluding carboxylic acids is 1. The van der Waals surface area contributed by atoms with Crippen molar-refractivity contribution in [3.8, 4) is 0 Å². The van der Waals surface area contributed by atoms with E-state index in [4.69, 9.17) is 4.42 Å². The third kappa shape index (κ3) is 3.27. The number of amides is 1. The zero-order valence-electron chi connectivity index (χ0n) is 12.0. The minimum Gasteiger partial charge on any atom is -0.451 e. The lowest BCUT2D eigenvalue weighted by atomic mass is 9.82. The average molecular weight is 287 g/mol. The summed E-state index contributed by atoms with van der Waals surface area (Å²) in [6, 6.07) is 9.39. The van der Waals surface area contributed by atoms with E-state index in [0.29, 0.717) is 24.1 Å². The lowest BCUT2D eigenvalue weighted by Gasteiger charge is -2.27. The van der Waals surface area contributed by atoms with E-state index in [2.05, 4.69) is 5.32 Å². The molecule has 1 aliphatic carbocycles. The minimum absolute atomic E-state index is 0.155. The predicted molar refractivity (Wildman–Crippen MR) is 81.1 cm³/mol. The van der Waals surface area contributed by atoms with Crippen molar-refractivity contribution in [2.24, 2.45) is 11.8 Å². The molecule has 0 unspecified atom stereocenters. The van der Waals surface area contributed by atoms with Crippen LogP contribution in [0.15, 0.2) is 34.7 Å². The summed E-state index contributed by atoms with van der Waals surface area (Å²) in [4.78, 5) is 12.2. The highest BCUT2D eigenvalue weighted by atomic mass is 16.3. The molecular formula is C17H21NO3. The number of furan rings is 1. The second-order valence-electron chi connectivity index (χ2n) is 5.94. The van der Waals surface area contributed by atoms with Crippen molar-refractivity contribution >= 4 is 16.9 Å². The molecule has 0 spiro atoms. The zero-order valence-corrected chi connectivity index (χ0v) is 12.0. The second kappa shape index (κ2) is 6.31. The van der Waals surface area contributed by atoms with Crippen LogP contribution in [0.4, 0.5) is 0 Å². The van der Waals surface area contributed by atoms with Gasteiger partial charge in [0, 0.05) is 18.5 Å². The maximum Gasteiger partial charge on any atom is 0.287 e. The SMILES string of the molecule is O=C(NC[C@H]1CCC[C@@H](CO)C1)c1cc2ccccc2o1. The van der Waals surface area contributed by atoms with Crippen LogP contribution in [0.1, 0.15) is 36.2 Å². The number of hydrogen-bond donors (Lipinski definition) is 2. The quantitative estimate of drug-likeness (QED) is 0.908. The molecule has 1 amide bonds. The summed E-state index contributed by atoms with van der Waals surface area (Å²) < 4.78 is 5.56. The second-order valence-corrected chi connectivity index (χ2v) is 5.94. The highest BCUT2D eigenvalue weighted by Crippen LogP contribution is 2.28. The first-order chi connectivity index (χ1) is 10.3. The van der Waals surface area contributed by atoms with Gasteiger partial charge in [0.1, 0.15) is 5.58 Å². The Balaban J connectivity index is 1.58. The molecule has 1 aromatic carbocycles. The van der Waals surface area contributed by atoms with Crippen molar-refractivity contribution in [1.29, 1.82) is 0 Å². The third-order valence-electron chi connectivity index (χ3n) is 4.35. The molecule has 1 heterocycles. The van der Waals surface area contributed by atoms with Crippen molar-refractivity contribution < 1.29 is 14.3 Å². The normalized spacial score (nSPS) is 22.3. The van der Waals surface area contributed by atoms with Crippen LogP contribution in [0.25, 0.3) is 11.0 Å². The van der Waals surface area contributed by atoms with E-state index in [1.807, 2.05) is 24.3 Å². The van der Waals surface area contributed by atoms with Crippen LogP contribution in [0.2, 0.25) is 0 Å². The van der Waals surface area contributed by atoms with Gasteiger partial charge in [-0.2, -0.15) is 0 Å². The lowest BCUT2D eigenvalue weighted by Crippen LogP contribution is -2.32. The van der Waals surface area contributed by atoms with Crippen molar-refractivity contribution in [2.75, 3.05) is 13.2 Å². The fourth-order valence-corrected chi connectivity index (χ4v) is 3.17. The highest BCUT2D eigenvalue weighted by molar-refractivity contribution is 5.96. The van der Waals surface area contributed by atoms with Gasteiger partial charge >= 0.3 is 0 Å². The van der Waals surface area contributed by atoms with Gasteiger partial charge in [-0.3, -0.25) is 4.79 Å². The van der Waals surface area contributed by atoms with Gasteiger partial charge in [0.25, 0.3) is 5.91 Å². The Morgan fingerprint density at radius 1 is 1.29 bits per heavy atom. The Kier molecular flexibility index (Phi) is 4.25. The molecule has 0 bridgehead atoms. The summed E-state index contributed by atoms with van der Waals surface area (Å²) in [6.45, 7) is 0.917. The maximum atomic E-state index is 12.2. The predicted octanol–water partition coefficient (Wildman–Crippen LogP) is 2.96. The summed E-state index contributed by atoms with van der Waals surface area (Å²) in [5.74, 6) is 1.07. The largest absolute Gasteiger partial charge is 0.451 e. The molecule has 2 N–H and O–H groups in total. The molecule has 0 aliphatic heterocycles. The Labute approximate surface area is 124 Å². The van der Waals surface area contributed by atoms with Crippen LogP contribution in [0, 0.1) is 11.8 Å². The van der Waals surface area contributed by atoms with Crippen LogP contribution >= 0.6 is 0 Å². The van der Waals surface area contributed by atoms with Gasteiger partial charge in [0.05, 0.1) is 0 Å². The van der Waals surface area contributed by atoms with E-state index < -0.39 is 0 Å².